The predicted octanol–water partition coefficient (Wildman–Crippen LogP) is 13.6. The number of rotatable bonds is 16. The minimum atomic E-state index is -0.718. The molecule has 0 spiro atoms. The highest BCUT2D eigenvalue weighted by molar-refractivity contribution is 6.31. The predicted molar refractivity (Wildman–Crippen MR) is 445 cm³/mol. The molecule has 0 atom stereocenters. The molecular weight excluding hydrogens is 1660 g/mol. The van der Waals surface area contributed by atoms with Gasteiger partial charge in [0.15, 0.2) is 34.5 Å². The van der Waals surface area contributed by atoms with E-state index in [9.17, 15) is 51.9 Å². The van der Waals surface area contributed by atoms with Gasteiger partial charge in [-0.2, -0.15) is 10.2 Å². The molecule has 0 unspecified atom stereocenters. The van der Waals surface area contributed by atoms with Gasteiger partial charge in [-0.05, 0) is 211 Å². The summed E-state index contributed by atoms with van der Waals surface area (Å²) >= 11 is 16.9. The highest BCUT2D eigenvalue weighted by Gasteiger charge is 2.16. The summed E-state index contributed by atoms with van der Waals surface area (Å²) in [4.78, 5) is 101. The number of carbonyl (C=O) groups excluding carboxylic acids is 8. The van der Waals surface area contributed by atoms with E-state index >= 15 is 0 Å². The van der Waals surface area contributed by atoms with E-state index in [0.29, 0.717) is 125 Å². The fourth-order valence-corrected chi connectivity index (χ4v) is 8.75. The average molecular weight is 1730 g/mol. The number of aromatic amines is 1. The van der Waals surface area contributed by atoms with Crippen LogP contribution in [-0.2, 0) is 0 Å². The van der Waals surface area contributed by atoms with Crippen LogP contribution in [0.1, 0.15) is 52.6 Å². The molecule has 3 aliphatic rings. The van der Waals surface area contributed by atoms with E-state index in [1.54, 1.807) is 187 Å². The van der Waals surface area contributed by atoms with Gasteiger partial charge in [0.25, 0.3) is 0 Å². The van der Waals surface area contributed by atoms with Crippen molar-refractivity contribution in [2.75, 3.05) is 20.4 Å². The van der Waals surface area contributed by atoms with Crippen LogP contribution < -0.4 is 109 Å². The van der Waals surface area contributed by atoms with Crippen molar-refractivity contribution in [1.82, 2.24) is 36.7 Å². The van der Waals surface area contributed by atoms with Crippen molar-refractivity contribution in [3.63, 3.8) is 0 Å². The van der Waals surface area contributed by atoms with Gasteiger partial charge in [-0.15, -0.1) is 0 Å². The third kappa shape index (κ3) is 37.6. The van der Waals surface area contributed by atoms with E-state index in [4.69, 9.17) is 98.7 Å². The van der Waals surface area contributed by atoms with E-state index < -0.39 is 24.1 Å². The summed E-state index contributed by atoms with van der Waals surface area (Å²) in [5.41, 5.74) is 29.9. The normalized spacial score (nSPS) is 10.6. The number of hydrazine groups is 2. The fourth-order valence-electron chi connectivity index (χ4n) is 8.41. The Balaban J connectivity index is 0.000000217. The lowest BCUT2D eigenvalue weighted by atomic mass is 10.2. The standard InChI is InChI=1S/C15H13N3O4.C14H10O4.C13H11ClN4O2.C12H8ClNO2.2C7H5FO.C7H6O3.C5H4ClNO.2CH5N3O/c16-15(19)18-17-8-10-1-3-11(4-2-10)22-12-5-6-13-14(7-12)21-9-20-13;15-8-10-1-3-11(4-2-10)18-12-5-6-13-14(7-12)17-9-16-13;14-10-3-6-12(16-8-10)20-11-4-1-9(2-5-11)7-17-18-13(15)19;13-10-3-6-12(14-7-10)16-11-4-1-9(8-15)2-5-11;2*8-7-3-1-6(5-9)2-4-7;8-5-1-2-6-7(3-5)10-4-9-6;6-4-1-2-5(8)7-3-4;2*2-1(5)4-3/h1-8H,9H2,(H3,16,18,19);1-8H,9H2;1-8H,(H3,15,18,19);1-8H;2*1-5H;1-3,8H,4H2;1-3H,(H,7,8);2*3H2,(H3,2,4,5)/b17-8+;;17-7+;;;;;;;. The number of benzene rings is 9. The molecule has 0 bridgehead atoms. The lowest BCUT2D eigenvalue weighted by molar-refractivity contribution is 0.111. The fraction of sp³-hybridized carbons (Fsp3) is 0.0366. The number of hydrogen-bond acceptors (Lipinski definition) is 26. The molecule has 0 aliphatic carbocycles. The first-order valence-electron chi connectivity index (χ1n) is 34.4. The number of aromatic hydroxyl groups is 1. The quantitative estimate of drug-likeness (QED) is 0.0140. The largest absolute Gasteiger partial charge is 0.508 e. The summed E-state index contributed by atoms with van der Waals surface area (Å²) in [5.74, 6) is 17.3. The van der Waals surface area contributed by atoms with Gasteiger partial charge in [-0.25, -0.2) is 60.5 Å². The Morgan fingerprint density at radius 2 is 0.680 bits per heavy atom. The van der Waals surface area contributed by atoms with E-state index in [1.165, 1.54) is 91.7 Å². The summed E-state index contributed by atoms with van der Waals surface area (Å²) in [5, 5.41) is 17.9. The number of primary amides is 4. The number of hydrazone groups is 2. The van der Waals surface area contributed by atoms with Crippen LogP contribution in [0, 0.1) is 11.6 Å². The molecule has 0 saturated carbocycles. The number of urea groups is 4. The van der Waals surface area contributed by atoms with Crippen LogP contribution in [0.4, 0.5) is 28.0 Å². The number of amides is 8. The van der Waals surface area contributed by atoms with Crippen molar-refractivity contribution in [2.45, 2.75) is 0 Å². The Morgan fingerprint density at radius 1 is 0.385 bits per heavy atom. The van der Waals surface area contributed by atoms with Crippen LogP contribution in [0.3, 0.4) is 0 Å². The summed E-state index contributed by atoms with van der Waals surface area (Å²) in [6.45, 7) is 0.720. The topological polar surface area (TPSA) is 537 Å². The molecule has 630 valence electrons. The number of aromatic nitrogens is 3. The number of halogens is 5. The maximum absolute atomic E-state index is 12.1. The SMILES string of the molecule is NC(=O)N/N=C/c1ccc(Oc2ccc(Cl)cn2)cc1.NC(=O)N/N=C/c1ccc(Oc2ccc3c(c2)OCO3)cc1.NNC(N)=O.NNC(N)=O.O=Cc1ccc(F)cc1.O=Cc1ccc(F)cc1.O=Cc1ccc(Oc2ccc(Cl)cn2)cc1.O=Cc1ccc(Oc2ccc3c(c2)OCO3)cc1.O=c1ccc(Cl)c[nH]1.Oc1ccc2c(c1)OCO2. The van der Waals surface area contributed by atoms with Gasteiger partial charge in [-0.1, -0.05) is 34.8 Å². The number of nitrogens with one attached hydrogen (secondary N) is 5. The van der Waals surface area contributed by atoms with Crippen LogP contribution in [0.15, 0.2) is 270 Å². The van der Waals surface area contributed by atoms with E-state index in [2.05, 4.69) is 59.2 Å². The highest BCUT2D eigenvalue weighted by atomic mass is 35.5. The van der Waals surface area contributed by atoms with Crippen molar-refractivity contribution < 1.29 is 99.6 Å². The second kappa shape index (κ2) is 52.4. The van der Waals surface area contributed by atoms with Crippen molar-refractivity contribution in [1.29, 1.82) is 0 Å². The summed E-state index contributed by atoms with van der Waals surface area (Å²) in [7, 11) is 0. The number of phenolic OH excluding ortho intramolecular Hbond substituents is 1. The van der Waals surface area contributed by atoms with Crippen LogP contribution in [0.25, 0.3) is 0 Å². The number of nitrogens with zero attached hydrogens (tertiary/aromatic N) is 4. The molecule has 0 radical (unpaired) electrons. The second-order valence-electron chi connectivity index (χ2n) is 22.8. The molecule has 8 amide bonds. The molecular formula is C82H72Cl3F2N15O20. The zero-order valence-corrected chi connectivity index (χ0v) is 65.4. The number of nitrogens with two attached hydrogens (primary N) is 6. The summed E-state index contributed by atoms with van der Waals surface area (Å²) < 4.78 is 77.6. The monoisotopic (exact) mass is 1730 g/mol. The maximum atomic E-state index is 12.1. The molecule has 35 nitrogen and oxygen atoms in total. The number of ether oxygens (including phenoxy) is 10. The van der Waals surface area contributed by atoms with Crippen LogP contribution >= 0.6 is 34.8 Å². The molecule has 0 saturated heterocycles. The smallest absolute Gasteiger partial charge is 0.332 e. The molecule has 9 aromatic carbocycles. The molecule has 40 heteroatoms. The lowest BCUT2D eigenvalue weighted by Crippen LogP contribution is -2.34. The zero-order valence-electron chi connectivity index (χ0n) is 63.2. The number of fused-ring (bicyclic) bond motifs is 3. The van der Waals surface area contributed by atoms with E-state index in [-0.39, 0.29) is 43.3 Å². The number of phenols is 1. The number of H-pyrrole nitrogens is 1. The van der Waals surface area contributed by atoms with Crippen molar-refractivity contribution >= 4 is 96.5 Å². The lowest BCUT2D eigenvalue weighted by Gasteiger charge is -2.06. The van der Waals surface area contributed by atoms with Gasteiger partial charge in [0.2, 0.25) is 37.7 Å². The summed E-state index contributed by atoms with van der Waals surface area (Å²) in [6, 6.07) is 61.0. The van der Waals surface area contributed by atoms with Gasteiger partial charge in [0.05, 0.1) is 27.5 Å². The van der Waals surface area contributed by atoms with Gasteiger partial charge in [-0.3, -0.25) is 34.8 Å². The molecule has 0 fully saturated rings. The molecule has 6 heterocycles. The van der Waals surface area contributed by atoms with Gasteiger partial charge in [0.1, 0.15) is 77.0 Å². The maximum Gasteiger partial charge on any atom is 0.332 e. The minimum absolute atomic E-state index is 0.130. The first-order chi connectivity index (χ1) is 58.8. The number of pyridine rings is 3. The van der Waals surface area contributed by atoms with Gasteiger partial charge < -0.3 is 80.4 Å². The first kappa shape index (κ1) is 94.6. The second-order valence-corrected chi connectivity index (χ2v) is 24.1. The molecule has 12 aromatic rings. The zero-order chi connectivity index (χ0) is 88.4. The highest BCUT2D eigenvalue weighted by Crippen LogP contribution is 2.39. The van der Waals surface area contributed by atoms with Crippen LogP contribution in [0.2, 0.25) is 15.1 Å². The Hall–Kier alpha value is -16.2. The van der Waals surface area contributed by atoms with Gasteiger partial charge in [0, 0.05) is 77.2 Å². The number of carbonyl (C=O) groups is 8. The molecule has 15 rings (SSSR count). The van der Waals surface area contributed by atoms with Crippen molar-refractivity contribution in [3.05, 3.63) is 326 Å². The van der Waals surface area contributed by atoms with Crippen molar-refractivity contribution in [3.8, 4) is 86.5 Å². The number of hydrogen-bond donors (Lipinski definition) is 12. The van der Waals surface area contributed by atoms with Crippen LogP contribution in [0.5, 0.6) is 86.5 Å². The molecule has 122 heavy (non-hydrogen) atoms. The third-order valence-electron chi connectivity index (χ3n) is 14.0. The van der Waals surface area contributed by atoms with Crippen LogP contribution in [-0.4, -0.2) is 102 Å². The Morgan fingerprint density at radius 3 is 0.975 bits per heavy atom. The van der Waals surface area contributed by atoms with Gasteiger partial charge >= 0.3 is 24.1 Å². The summed E-state index contributed by atoms with van der Waals surface area (Å²) in [6.07, 6.45) is 10.4. The van der Waals surface area contributed by atoms with E-state index in [0.717, 1.165) is 29.4 Å². The Kier molecular flexibility index (Phi) is 40.6. The molecule has 18 N–H and O–H groups in total. The third-order valence-corrected chi connectivity index (χ3v) is 14.7. The Labute approximate surface area is 706 Å². The first-order valence-corrected chi connectivity index (χ1v) is 35.5. The minimum Gasteiger partial charge on any atom is -0.508 e. The number of aldehydes is 4. The molecule has 3 aromatic heterocycles. The average Bonchev–Trinajstić information content (AvgIpc) is 1.68. The molecule has 3 aliphatic heterocycles. The van der Waals surface area contributed by atoms with E-state index in [1.807, 2.05) is 0 Å². The van der Waals surface area contributed by atoms with Crippen molar-refractivity contribution in [2.24, 2.45) is 44.8 Å². The Bertz CT molecular complexity index is 5370.